The van der Waals surface area contributed by atoms with Crippen molar-refractivity contribution in [1.82, 2.24) is 0 Å². The zero-order valence-corrected chi connectivity index (χ0v) is 16.2. The number of amides is 1. The van der Waals surface area contributed by atoms with Crippen molar-refractivity contribution in [2.24, 2.45) is 0 Å². The van der Waals surface area contributed by atoms with Gasteiger partial charge in [-0.3, -0.25) is 14.9 Å². The Balaban J connectivity index is 1.61. The summed E-state index contributed by atoms with van der Waals surface area (Å²) in [5.41, 5.74) is 2.31. The van der Waals surface area contributed by atoms with E-state index in [2.05, 4.69) is 11.4 Å². The number of hydrogen-bond acceptors (Lipinski definition) is 6. The molecule has 0 unspecified atom stereocenters. The van der Waals surface area contributed by atoms with Crippen LogP contribution < -0.4 is 10.2 Å². The number of nitro benzene ring substituents is 1. The molecule has 1 aromatic carbocycles. The van der Waals surface area contributed by atoms with E-state index in [4.69, 9.17) is 0 Å². The van der Waals surface area contributed by atoms with Gasteiger partial charge in [0.25, 0.3) is 11.6 Å². The molecule has 28 heavy (non-hydrogen) atoms. The Morgan fingerprint density at radius 1 is 1.21 bits per heavy atom. The number of nitrogens with one attached hydrogen (secondary N) is 1. The summed E-state index contributed by atoms with van der Waals surface area (Å²) < 4.78 is 0. The van der Waals surface area contributed by atoms with E-state index in [1.165, 1.54) is 17.4 Å². The Bertz CT molecular complexity index is 986. The van der Waals surface area contributed by atoms with Gasteiger partial charge in [-0.05, 0) is 56.2 Å². The summed E-state index contributed by atoms with van der Waals surface area (Å²) in [6.45, 7) is 1.58. The van der Waals surface area contributed by atoms with Crippen LogP contribution in [0.25, 0.3) is 0 Å². The van der Waals surface area contributed by atoms with Gasteiger partial charge in [-0.25, -0.2) is 0 Å². The fraction of sp³-hybridized carbons (Fsp3) is 0.400. The summed E-state index contributed by atoms with van der Waals surface area (Å²) in [6, 6.07) is 6.82. The molecule has 7 nitrogen and oxygen atoms in total. The third kappa shape index (κ3) is 3.34. The second-order valence-electron chi connectivity index (χ2n) is 7.14. The minimum atomic E-state index is -0.429. The van der Waals surface area contributed by atoms with Crippen LogP contribution in [0.5, 0.6) is 0 Å². The first kappa shape index (κ1) is 18.4. The molecular weight excluding hydrogens is 376 g/mol. The molecule has 0 saturated carbocycles. The van der Waals surface area contributed by atoms with Gasteiger partial charge in [0.1, 0.15) is 16.8 Å². The Kier molecular flexibility index (Phi) is 5.01. The smallest absolute Gasteiger partial charge is 0.293 e. The van der Waals surface area contributed by atoms with Gasteiger partial charge in [-0.2, -0.15) is 5.26 Å². The quantitative estimate of drug-likeness (QED) is 0.615. The third-order valence-electron chi connectivity index (χ3n) is 5.39. The van der Waals surface area contributed by atoms with Crippen LogP contribution in [0.15, 0.2) is 18.2 Å². The number of carbonyl (C=O) groups excluding carboxylic acids is 1. The van der Waals surface area contributed by atoms with Gasteiger partial charge >= 0.3 is 0 Å². The van der Waals surface area contributed by atoms with Crippen molar-refractivity contribution in [1.29, 1.82) is 5.26 Å². The van der Waals surface area contributed by atoms with Crippen molar-refractivity contribution in [2.45, 2.75) is 38.5 Å². The molecule has 2 heterocycles. The van der Waals surface area contributed by atoms with Crippen molar-refractivity contribution < 1.29 is 9.72 Å². The Hall–Kier alpha value is -2.92. The summed E-state index contributed by atoms with van der Waals surface area (Å²) >= 11 is 1.44. The predicted molar refractivity (Wildman–Crippen MR) is 108 cm³/mol. The molecule has 1 saturated heterocycles. The molecule has 1 fully saturated rings. The van der Waals surface area contributed by atoms with Crippen molar-refractivity contribution >= 4 is 33.6 Å². The SMILES string of the molecule is N#Cc1c(NC(=O)c2ccc(N3CCCCC3)c([N+](=O)[O-])c2)sc2c1CCC2. The number of rotatable bonds is 4. The zero-order chi connectivity index (χ0) is 19.7. The predicted octanol–water partition coefficient (Wildman–Crippen LogP) is 4.26. The molecule has 4 rings (SSSR count). The van der Waals surface area contributed by atoms with E-state index in [-0.39, 0.29) is 11.3 Å². The van der Waals surface area contributed by atoms with Crippen LogP contribution in [-0.4, -0.2) is 23.9 Å². The number of fused-ring (bicyclic) bond motifs is 1. The largest absolute Gasteiger partial charge is 0.366 e. The highest BCUT2D eigenvalue weighted by atomic mass is 32.1. The van der Waals surface area contributed by atoms with Gasteiger partial charge < -0.3 is 10.2 Å². The van der Waals surface area contributed by atoms with Gasteiger partial charge in [0.15, 0.2) is 0 Å². The van der Waals surface area contributed by atoms with Crippen LogP contribution in [0, 0.1) is 21.4 Å². The standard InChI is InChI=1S/C20H20N4O3S/c21-12-15-14-5-4-6-18(14)28-20(15)22-19(25)13-7-8-16(17(11-13)24(26)27)23-9-2-1-3-10-23/h7-8,11H,1-6,9-10H2,(H,22,25). The highest BCUT2D eigenvalue weighted by molar-refractivity contribution is 7.16. The lowest BCUT2D eigenvalue weighted by molar-refractivity contribution is -0.384. The normalized spacial score (nSPS) is 15.8. The van der Waals surface area contributed by atoms with Gasteiger partial charge in [0.2, 0.25) is 0 Å². The molecule has 0 radical (unpaired) electrons. The highest BCUT2D eigenvalue weighted by Gasteiger charge is 2.26. The number of nitriles is 1. The van der Waals surface area contributed by atoms with Gasteiger partial charge in [0, 0.05) is 29.6 Å². The maximum atomic E-state index is 12.7. The summed E-state index contributed by atoms with van der Waals surface area (Å²) in [5, 5.41) is 24.4. The second-order valence-corrected chi connectivity index (χ2v) is 8.24. The van der Waals surface area contributed by atoms with Crippen LogP contribution >= 0.6 is 11.3 Å². The molecule has 144 valence electrons. The van der Waals surface area contributed by atoms with Crippen molar-refractivity contribution in [3.63, 3.8) is 0 Å². The fourth-order valence-electron chi connectivity index (χ4n) is 4.00. The molecule has 0 bridgehead atoms. The molecule has 1 aliphatic heterocycles. The molecule has 8 heteroatoms. The topological polar surface area (TPSA) is 99.3 Å². The van der Waals surface area contributed by atoms with E-state index < -0.39 is 10.8 Å². The van der Waals surface area contributed by atoms with E-state index in [1.807, 2.05) is 4.90 Å². The number of nitrogens with zero attached hydrogens (tertiary/aromatic N) is 3. The minimum Gasteiger partial charge on any atom is -0.366 e. The Morgan fingerprint density at radius 3 is 2.71 bits per heavy atom. The van der Waals surface area contributed by atoms with Crippen LogP contribution in [0.1, 0.15) is 52.0 Å². The van der Waals surface area contributed by atoms with Crippen LogP contribution in [-0.2, 0) is 12.8 Å². The first-order valence-corrected chi connectivity index (χ1v) is 10.3. The molecule has 2 aliphatic rings. The average molecular weight is 396 g/mol. The number of piperidine rings is 1. The van der Waals surface area contributed by atoms with Crippen LogP contribution in [0.4, 0.5) is 16.4 Å². The Labute approximate surface area is 166 Å². The number of benzene rings is 1. The van der Waals surface area contributed by atoms with Gasteiger partial charge in [0.05, 0.1) is 10.5 Å². The zero-order valence-electron chi connectivity index (χ0n) is 15.4. The van der Waals surface area contributed by atoms with Crippen LogP contribution in [0.3, 0.4) is 0 Å². The van der Waals surface area contributed by atoms with E-state index in [0.29, 0.717) is 16.3 Å². The average Bonchev–Trinajstić information content (AvgIpc) is 3.28. The lowest BCUT2D eigenvalue weighted by Crippen LogP contribution is -2.30. The summed E-state index contributed by atoms with van der Waals surface area (Å²) in [7, 11) is 0. The molecule has 0 spiro atoms. The lowest BCUT2D eigenvalue weighted by atomic mass is 10.1. The summed E-state index contributed by atoms with van der Waals surface area (Å²) in [5.74, 6) is -0.426. The molecule has 1 aromatic heterocycles. The number of anilines is 2. The van der Waals surface area contributed by atoms with E-state index >= 15 is 0 Å². The summed E-state index contributed by atoms with van der Waals surface area (Å²) in [4.78, 5) is 27.1. The maximum Gasteiger partial charge on any atom is 0.293 e. The summed E-state index contributed by atoms with van der Waals surface area (Å²) in [6.07, 6.45) is 5.99. The number of carbonyl (C=O) groups is 1. The minimum absolute atomic E-state index is 0.0521. The van der Waals surface area contributed by atoms with Crippen molar-refractivity contribution in [2.75, 3.05) is 23.3 Å². The van der Waals surface area contributed by atoms with Crippen LogP contribution in [0.2, 0.25) is 0 Å². The first-order chi connectivity index (χ1) is 13.6. The molecule has 1 aliphatic carbocycles. The maximum absolute atomic E-state index is 12.7. The number of thiophene rings is 1. The van der Waals surface area contributed by atoms with Gasteiger partial charge in [-0.1, -0.05) is 0 Å². The molecule has 1 N–H and O–H groups in total. The Morgan fingerprint density at radius 2 is 2.00 bits per heavy atom. The third-order valence-corrected chi connectivity index (χ3v) is 6.60. The highest BCUT2D eigenvalue weighted by Crippen LogP contribution is 2.39. The fourth-order valence-corrected chi connectivity index (χ4v) is 5.23. The monoisotopic (exact) mass is 396 g/mol. The van der Waals surface area contributed by atoms with E-state index in [0.717, 1.165) is 62.1 Å². The van der Waals surface area contributed by atoms with E-state index in [9.17, 15) is 20.2 Å². The van der Waals surface area contributed by atoms with Gasteiger partial charge in [-0.15, -0.1) is 11.3 Å². The first-order valence-electron chi connectivity index (χ1n) is 9.48. The molecule has 2 aromatic rings. The van der Waals surface area contributed by atoms with Crippen molar-refractivity contribution in [3.05, 3.63) is 49.9 Å². The lowest BCUT2D eigenvalue weighted by Gasteiger charge is -2.28. The number of aryl methyl sites for hydroxylation is 1. The van der Waals surface area contributed by atoms with E-state index in [1.54, 1.807) is 12.1 Å². The molecule has 1 amide bonds. The number of nitro groups is 1. The molecular formula is C20H20N4O3S. The second kappa shape index (κ2) is 7.60. The van der Waals surface area contributed by atoms with Crippen molar-refractivity contribution in [3.8, 4) is 6.07 Å². The molecule has 0 atom stereocenters. The number of hydrogen-bond donors (Lipinski definition) is 1.